The lowest BCUT2D eigenvalue weighted by Gasteiger charge is -2.31. The molecule has 19 heteroatoms. The molecule has 0 saturated heterocycles. The molecule has 1 aliphatic heterocycles. The van der Waals surface area contributed by atoms with Gasteiger partial charge in [0.2, 0.25) is 5.60 Å². The molecule has 2 aromatic heterocycles. The van der Waals surface area contributed by atoms with Gasteiger partial charge in [-0.25, -0.2) is 37.1 Å². The second-order valence-corrected chi connectivity index (χ2v) is 15.3. The predicted molar refractivity (Wildman–Crippen MR) is 197 cm³/mol. The second-order valence-electron chi connectivity index (χ2n) is 15.3. The number of methoxy groups -OCH3 is 1. The Balaban J connectivity index is 1.42. The smallest absolute Gasteiger partial charge is 0.424 e. The zero-order chi connectivity index (χ0) is 43.7. The molecule has 4 aromatic rings. The van der Waals surface area contributed by atoms with Gasteiger partial charge in [-0.15, -0.1) is 0 Å². The van der Waals surface area contributed by atoms with E-state index < -0.39 is 103 Å². The number of pyridine rings is 2. The molecular weight excluding hydrogens is 797 g/mol. The number of ether oxygens (including phenoxy) is 4. The fourth-order valence-electron chi connectivity index (χ4n) is 6.10. The average molecular weight is 839 g/mol. The molecular formula is C40H41F7N4O8. The van der Waals surface area contributed by atoms with Crippen molar-refractivity contribution in [2.75, 3.05) is 33.6 Å². The van der Waals surface area contributed by atoms with Gasteiger partial charge in [0, 0.05) is 22.1 Å². The number of hydrogen-bond donors (Lipinski definition) is 3. The van der Waals surface area contributed by atoms with Crippen LogP contribution in [0.25, 0.3) is 22.2 Å². The van der Waals surface area contributed by atoms with Crippen LogP contribution in [-0.2, 0) is 31.9 Å². The van der Waals surface area contributed by atoms with Gasteiger partial charge in [-0.1, -0.05) is 13.8 Å². The fraction of sp³-hybridized carbons (Fsp3) is 0.425. The third-order valence-electron chi connectivity index (χ3n) is 9.40. The van der Waals surface area contributed by atoms with Gasteiger partial charge in [0.1, 0.15) is 78.2 Å². The Morgan fingerprint density at radius 2 is 1.64 bits per heavy atom. The maximum atomic E-state index is 15.4. The predicted octanol–water partition coefficient (Wildman–Crippen LogP) is 6.93. The molecule has 3 N–H and O–H groups in total. The van der Waals surface area contributed by atoms with Gasteiger partial charge >= 0.3 is 18.2 Å². The van der Waals surface area contributed by atoms with Crippen LogP contribution in [0.2, 0.25) is 0 Å². The molecule has 5 rings (SSSR count). The van der Waals surface area contributed by atoms with Crippen molar-refractivity contribution >= 4 is 28.9 Å². The number of alkyl halides is 5. The summed E-state index contributed by atoms with van der Waals surface area (Å²) < 4.78 is 124. The lowest BCUT2D eigenvalue weighted by molar-refractivity contribution is -0.265. The maximum absolute atomic E-state index is 15.4. The standard InChI is InChI=1S/C40H41F7N4O8/c1-20(2)30(51-36(54)59-37(3,4)5)35(53)57-15-27-26(44)12-22-11-23(13-28(56-6)31(22)49-27)34(52)48-18-39(55,40(45,46)47)29-14-25-33(58-19-38(25,16-41)17-42)32(50-29)21-7-9-24(43)10-8-21/h7-14,20,30,55H,15-19H2,1-6H3,(H,48,52)(H,51,54)/t30-,39?/m0/s1. The van der Waals surface area contributed by atoms with Crippen molar-refractivity contribution in [1.29, 1.82) is 0 Å². The largest absolute Gasteiger partial charge is 0.494 e. The van der Waals surface area contributed by atoms with Crippen LogP contribution in [0.4, 0.5) is 35.5 Å². The molecule has 0 spiro atoms. The molecule has 0 fully saturated rings. The Hall–Kier alpha value is -5.72. The van der Waals surface area contributed by atoms with E-state index in [0.717, 1.165) is 42.5 Å². The summed E-state index contributed by atoms with van der Waals surface area (Å²) in [6.45, 7) is 2.54. The molecule has 1 unspecified atom stereocenters. The van der Waals surface area contributed by atoms with Crippen LogP contribution in [0.3, 0.4) is 0 Å². The number of aliphatic hydroxyl groups is 1. The molecule has 12 nitrogen and oxygen atoms in total. The molecule has 2 aromatic carbocycles. The highest BCUT2D eigenvalue weighted by Crippen LogP contribution is 2.48. The van der Waals surface area contributed by atoms with Crippen LogP contribution in [0.5, 0.6) is 11.5 Å². The monoisotopic (exact) mass is 838 g/mol. The number of amides is 2. The molecule has 0 aliphatic carbocycles. The van der Waals surface area contributed by atoms with Crippen LogP contribution in [-0.4, -0.2) is 84.5 Å². The van der Waals surface area contributed by atoms with Crippen LogP contribution < -0.4 is 20.1 Å². The van der Waals surface area contributed by atoms with E-state index in [4.69, 9.17) is 18.9 Å². The summed E-state index contributed by atoms with van der Waals surface area (Å²) in [6, 6.07) is 6.84. The van der Waals surface area contributed by atoms with Gasteiger partial charge in [-0.05, 0) is 75.2 Å². The quantitative estimate of drug-likeness (QED) is 0.0954. The first-order valence-electron chi connectivity index (χ1n) is 18.0. The summed E-state index contributed by atoms with van der Waals surface area (Å²) in [4.78, 5) is 46.8. The average Bonchev–Trinajstić information content (AvgIpc) is 3.55. The molecule has 2 amide bonds. The van der Waals surface area contributed by atoms with Crippen molar-refractivity contribution in [2.45, 2.75) is 70.1 Å². The molecule has 2 atom stereocenters. The number of fused-ring (bicyclic) bond motifs is 2. The second kappa shape index (κ2) is 16.9. The van der Waals surface area contributed by atoms with Gasteiger partial charge in [0.05, 0.1) is 24.8 Å². The lowest BCUT2D eigenvalue weighted by atomic mass is 9.82. The molecule has 59 heavy (non-hydrogen) atoms. The van der Waals surface area contributed by atoms with Gasteiger partial charge in [0.25, 0.3) is 5.91 Å². The number of aromatic nitrogens is 2. The molecule has 318 valence electrons. The van der Waals surface area contributed by atoms with Crippen LogP contribution >= 0.6 is 0 Å². The molecule has 0 bridgehead atoms. The van der Waals surface area contributed by atoms with E-state index in [1.165, 1.54) is 7.11 Å². The van der Waals surface area contributed by atoms with Gasteiger partial charge in [-0.3, -0.25) is 4.79 Å². The van der Waals surface area contributed by atoms with E-state index in [9.17, 15) is 45.8 Å². The number of esters is 1. The minimum absolute atomic E-state index is 0.00644. The summed E-state index contributed by atoms with van der Waals surface area (Å²) in [6.07, 6.45) is -6.43. The third kappa shape index (κ3) is 9.29. The Labute approximate surface area is 333 Å². The summed E-state index contributed by atoms with van der Waals surface area (Å²) >= 11 is 0. The van der Waals surface area contributed by atoms with E-state index in [-0.39, 0.29) is 50.5 Å². The Morgan fingerprint density at radius 1 is 0.983 bits per heavy atom. The normalized spacial score (nSPS) is 15.2. The minimum atomic E-state index is -5.55. The van der Waals surface area contributed by atoms with E-state index in [1.54, 1.807) is 34.6 Å². The van der Waals surface area contributed by atoms with Gasteiger partial charge in [0.15, 0.2) is 0 Å². The topological polar surface area (TPSA) is 158 Å². The lowest BCUT2D eigenvalue weighted by Crippen LogP contribution is -2.51. The Kier molecular flexibility index (Phi) is 12.7. The fourth-order valence-corrected chi connectivity index (χ4v) is 6.10. The SMILES string of the molecule is COc1cc(C(=O)NCC(O)(c2cc3c(c(-c4ccc(F)cc4)n2)OCC3(CF)CF)C(F)(F)F)cc2cc(F)c(COC(=O)[C@@H](NC(=O)OC(C)(C)C)C(C)C)nc12. The zero-order valence-corrected chi connectivity index (χ0v) is 32.7. The number of hydrogen-bond acceptors (Lipinski definition) is 10. The first-order chi connectivity index (χ1) is 27.6. The third-order valence-corrected chi connectivity index (χ3v) is 9.40. The first kappa shape index (κ1) is 44.4. The molecule has 3 heterocycles. The van der Waals surface area contributed by atoms with Crippen molar-refractivity contribution in [3.63, 3.8) is 0 Å². The number of halogens is 7. The van der Waals surface area contributed by atoms with Crippen molar-refractivity contribution in [3.8, 4) is 22.8 Å². The number of alkyl carbamates (subject to hydrolysis) is 1. The summed E-state index contributed by atoms with van der Waals surface area (Å²) in [5, 5.41) is 15.7. The number of rotatable bonds is 13. The van der Waals surface area contributed by atoms with Crippen LogP contribution in [0, 0.1) is 17.6 Å². The Morgan fingerprint density at radius 3 is 2.22 bits per heavy atom. The van der Waals surface area contributed by atoms with E-state index >= 15 is 4.39 Å². The van der Waals surface area contributed by atoms with E-state index in [0.29, 0.717) is 6.07 Å². The summed E-state index contributed by atoms with van der Waals surface area (Å²) in [7, 11) is 1.18. The molecule has 1 aliphatic rings. The molecule has 0 saturated carbocycles. The van der Waals surface area contributed by atoms with Crippen molar-refractivity contribution in [3.05, 3.63) is 82.7 Å². The van der Waals surface area contributed by atoms with Crippen LogP contribution in [0.15, 0.2) is 48.5 Å². The van der Waals surface area contributed by atoms with Gasteiger partial charge < -0.3 is 34.7 Å². The summed E-state index contributed by atoms with van der Waals surface area (Å²) in [5.74, 6) is -4.67. The molecule has 0 radical (unpaired) electrons. The van der Waals surface area contributed by atoms with Crippen LogP contribution in [0.1, 0.15) is 61.9 Å². The number of nitrogens with zero attached hydrogens (tertiary/aromatic N) is 2. The minimum Gasteiger partial charge on any atom is -0.494 e. The number of carbonyl (C=O) groups excluding carboxylic acids is 3. The zero-order valence-electron chi connectivity index (χ0n) is 32.7. The van der Waals surface area contributed by atoms with E-state index in [2.05, 4.69) is 15.3 Å². The van der Waals surface area contributed by atoms with Crippen molar-refractivity contribution in [2.24, 2.45) is 5.92 Å². The number of benzene rings is 2. The number of nitrogens with one attached hydrogen (secondary N) is 2. The van der Waals surface area contributed by atoms with Crippen molar-refractivity contribution in [1.82, 2.24) is 20.6 Å². The van der Waals surface area contributed by atoms with Crippen molar-refractivity contribution < 1.29 is 69.2 Å². The Bertz CT molecular complexity index is 2230. The maximum Gasteiger partial charge on any atom is 0.424 e. The van der Waals surface area contributed by atoms with E-state index in [1.807, 2.05) is 5.32 Å². The number of carbonyl (C=O) groups is 3. The van der Waals surface area contributed by atoms with Gasteiger partial charge in [-0.2, -0.15) is 13.2 Å². The highest BCUT2D eigenvalue weighted by molar-refractivity contribution is 6.00. The summed E-state index contributed by atoms with van der Waals surface area (Å²) in [5.41, 5.74) is -9.48. The highest BCUT2D eigenvalue weighted by atomic mass is 19.4. The highest BCUT2D eigenvalue weighted by Gasteiger charge is 2.57. The first-order valence-corrected chi connectivity index (χ1v) is 18.0.